The lowest BCUT2D eigenvalue weighted by atomic mass is 10.1. The van der Waals surface area contributed by atoms with E-state index in [2.05, 4.69) is 6.08 Å². The van der Waals surface area contributed by atoms with E-state index >= 15 is 0 Å². The molecule has 9 heavy (non-hydrogen) atoms. The van der Waals surface area contributed by atoms with Crippen LogP contribution < -0.4 is 5.73 Å². The summed E-state index contributed by atoms with van der Waals surface area (Å²) >= 11 is 0. The molecule has 0 bridgehead atoms. The van der Waals surface area contributed by atoms with Gasteiger partial charge in [0.25, 0.3) is 5.76 Å². The number of hydrogen-bond donors (Lipinski definition) is 3. The van der Waals surface area contributed by atoms with E-state index in [1.54, 1.807) is 0 Å². The first-order chi connectivity index (χ1) is 4.20. The number of aliphatic hydroxyl groups excluding tert-OH is 1. The molecule has 1 aliphatic rings. The Morgan fingerprint density at radius 3 is 2.89 bits per heavy atom. The molecule has 1 aliphatic carbocycles. The molecule has 0 aromatic heterocycles. The van der Waals surface area contributed by atoms with Gasteiger partial charge in [0.2, 0.25) is 0 Å². The lowest BCUT2D eigenvalue weighted by Crippen LogP contribution is -2.09. The fraction of sp³-hybridized carbons (Fsp3) is 0.167. The summed E-state index contributed by atoms with van der Waals surface area (Å²) in [5.41, 5.74) is 5.77. The van der Waals surface area contributed by atoms with Crippen LogP contribution in [-0.2, 0) is 0 Å². The quantitative estimate of drug-likeness (QED) is 0.410. The lowest BCUT2D eigenvalue weighted by molar-refractivity contribution is 0.439. The molecule has 4 N–H and O–H groups in total. The maximum Gasteiger partial charge on any atom is 0.325 e. The van der Waals surface area contributed by atoms with Gasteiger partial charge in [-0.2, -0.15) is 0 Å². The van der Waals surface area contributed by atoms with Crippen LogP contribution in [0.3, 0.4) is 0 Å². The van der Waals surface area contributed by atoms with Crippen molar-refractivity contribution in [3.05, 3.63) is 23.6 Å². The highest BCUT2D eigenvalue weighted by atomic mass is 16.3. The maximum atomic E-state index is 8.80. The Bertz CT molecular complexity index is 203. The summed E-state index contributed by atoms with van der Waals surface area (Å²) in [7, 11) is 0. The molecule has 0 unspecified atom stereocenters. The van der Waals surface area contributed by atoms with Crippen LogP contribution in [-0.4, -0.2) is 10.8 Å². The highest BCUT2D eigenvalue weighted by molar-refractivity contribution is 6.02. The smallest absolute Gasteiger partial charge is 0.325 e. The molecule has 0 heterocycles. The van der Waals surface area contributed by atoms with Gasteiger partial charge in [0.15, 0.2) is 11.8 Å². The summed E-state index contributed by atoms with van der Waals surface area (Å²) in [6.07, 6.45) is 4.48. The Kier molecular flexibility index (Phi) is 1.21. The molecule has 0 saturated carbocycles. The van der Waals surface area contributed by atoms with Crippen molar-refractivity contribution in [3.63, 3.8) is 0 Å². The molecule has 0 aliphatic heterocycles. The zero-order chi connectivity index (χ0) is 6.85. The van der Waals surface area contributed by atoms with Crippen molar-refractivity contribution in [2.24, 2.45) is 5.73 Å². The molecule has 0 atom stereocenters. The van der Waals surface area contributed by atoms with E-state index in [1.807, 2.05) is 0 Å². The molecule has 3 nitrogen and oxygen atoms in total. The molecule has 1 rings (SSSR count). The fourth-order valence-electron chi connectivity index (χ4n) is 0.584. The van der Waals surface area contributed by atoms with Crippen LogP contribution in [0.1, 0.15) is 6.42 Å². The second-order valence-electron chi connectivity index (χ2n) is 1.82. The predicted octanol–water partition coefficient (Wildman–Crippen LogP) is 0.498. The summed E-state index contributed by atoms with van der Waals surface area (Å²) in [6, 6.07) is 0. The Balaban J connectivity index is 2.82. The number of hydrogen-bond acceptors (Lipinski definition) is 3. The zero-order valence-electron chi connectivity index (χ0n) is 4.81. The van der Waals surface area contributed by atoms with Crippen LogP contribution >= 0.6 is 0 Å². The van der Waals surface area contributed by atoms with E-state index in [0.717, 1.165) is 0 Å². The number of aliphatic hydroxyl groups is 1. The van der Waals surface area contributed by atoms with Crippen molar-refractivity contribution in [1.82, 2.24) is 0 Å². The maximum absolute atomic E-state index is 8.80. The first-order valence-electron chi connectivity index (χ1n) is 2.56. The molecule has 46 valence electrons. The minimum absolute atomic E-state index is 0.0289. The minimum Gasteiger partial charge on any atom is -0.418 e. The largest absolute Gasteiger partial charge is 0.418 e. The second kappa shape index (κ2) is 1.88. The number of nitrogens with one attached hydrogen (secondary N) is 1. The molecule has 3 heteroatoms. The first kappa shape index (κ1) is 5.79. The van der Waals surface area contributed by atoms with Gasteiger partial charge in [-0.25, -0.2) is 0 Å². The van der Waals surface area contributed by atoms with Crippen LogP contribution in [0.2, 0.25) is 0 Å². The van der Waals surface area contributed by atoms with Crippen molar-refractivity contribution >= 4 is 5.71 Å². The molecule has 0 radical (unpaired) electrons. The second-order valence-corrected chi connectivity index (χ2v) is 1.82. The molecular weight excluding hydrogens is 116 g/mol. The van der Waals surface area contributed by atoms with E-state index in [-0.39, 0.29) is 11.5 Å². The SMILES string of the molecule is N=C1[C+]=C(N)CC=C1O. The molecular formula is C6H7N2O+. The molecule has 0 spiro atoms. The van der Waals surface area contributed by atoms with Gasteiger partial charge in [-0.05, 0) is 0 Å². The molecule has 0 fully saturated rings. The van der Waals surface area contributed by atoms with Crippen LogP contribution in [0.4, 0.5) is 0 Å². The fourth-order valence-corrected chi connectivity index (χ4v) is 0.584. The average Bonchev–Trinajstić information content (AvgIpc) is 1.80. The molecule has 0 aromatic rings. The van der Waals surface area contributed by atoms with Crippen LogP contribution in [0, 0.1) is 11.5 Å². The van der Waals surface area contributed by atoms with E-state index in [1.165, 1.54) is 6.08 Å². The number of rotatable bonds is 0. The number of nitrogens with two attached hydrogens (primary N) is 1. The predicted molar refractivity (Wildman–Crippen MR) is 34.0 cm³/mol. The average molecular weight is 123 g/mol. The van der Waals surface area contributed by atoms with Crippen LogP contribution in [0.5, 0.6) is 0 Å². The Hall–Kier alpha value is -1.34. The third kappa shape index (κ3) is 1.06. The van der Waals surface area contributed by atoms with E-state index in [4.69, 9.17) is 16.2 Å². The normalized spacial score (nSPS) is 18.0. The summed E-state index contributed by atoms with van der Waals surface area (Å²) < 4.78 is 0. The van der Waals surface area contributed by atoms with Crippen molar-refractivity contribution in [2.45, 2.75) is 6.42 Å². The Morgan fingerprint density at radius 2 is 2.44 bits per heavy atom. The lowest BCUT2D eigenvalue weighted by Gasteiger charge is -1.92. The number of allylic oxidation sites excluding steroid dienone is 2. The van der Waals surface area contributed by atoms with Gasteiger partial charge in [0, 0.05) is 0 Å². The standard InChI is InChI=1S/C6H6N2O/c7-4-1-2-6(9)5(8)3-4/h2H,1H2,(H3-,7,8,9)/p+1. The Labute approximate surface area is 53.0 Å². The van der Waals surface area contributed by atoms with Gasteiger partial charge < -0.3 is 10.8 Å². The van der Waals surface area contributed by atoms with Crippen LogP contribution in [0.25, 0.3) is 0 Å². The van der Waals surface area contributed by atoms with Gasteiger partial charge >= 0.3 is 5.71 Å². The summed E-state index contributed by atoms with van der Waals surface area (Å²) in [5.74, 6) is -0.0378. The Morgan fingerprint density at radius 1 is 1.78 bits per heavy atom. The molecule has 0 aromatic carbocycles. The van der Waals surface area contributed by atoms with E-state index in [9.17, 15) is 0 Å². The van der Waals surface area contributed by atoms with Crippen LogP contribution in [0.15, 0.2) is 17.5 Å². The van der Waals surface area contributed by atoms with Crippen molar-refractivity contribution in [2.75, 3.05) is 0 Å². The van der Waals surface area contributed by atoms with E-state index < -0.39 is 0 Å². The topological polar surface area (TPSA) is 70.1 Å². The van der Waals surface area contributed by atoms with Gasteiger partial charge in [-0.1, -0.05) is 0 Å². The highest BCUT2D eigenvalue weighted by Crippen LogP contribution is 2.06. The summed E-state index contributed by atoms with van der Waals surface area (Å²) in [6.45, 7) is 0. The molecule has 0 amide bonds. The summed E-state index contributed by atoms with van der Waals surface area (Å²) in [4.78, 5) is 0. The third-order valence-electron chi connectivity index (χ3n) is 1.06. The van der Waals surface area contributed by atoms with Gasteiger partial charge in [-0.3, -0.25) is 5.41 Å². The van der Waals surface area contributed by atoms with Crippen molar-refractivity contribution in [3.8, 4) is 0 Å². The van der Waals surface area contributed by atoms with Crippen molar-refractivity contribution in [1.29, 1.82) is 5.41 Å². The third-order valence-corrected chi connectivity index (χ3v) is 1.06. The monoisotopic (exact) mass is 123 g/mol. The zero-order valence-corrected chi connectivity index (χ0v) is 4.81. The van der Waals surface area contributed by atoms with Gasteiger partial charge in [-0.15, -0.1) is 0 Å². The van der Waals surface area contributed by atoms with Gasteiger partial charge in [0.05, 0.1) is 12.5 Å². The van der Waals surface area contributed by atoms with Gasteiger partial charge in [0.1, 0.15) is 0 Å². The molecule has 0 saturated heterocycles. The van der Waals surface area contributed by atoms with Crippen molar-refractivity contribution < 1.29 is 5.11 Å². The summed E-state index contributed by atoms with van der Waals surface area (Å²) in [5, 5.41) is 15.8. The minimum atomic E-state index is -0.0378. The first-order valence-corrected chi connectivity index (χ1v) is 2.56. The highest BCUT2D eigenvalue weighted by Gasteiger charge is 2.19. The van der Waals surface area contributed by atoms with E-state index in [0.29, 0.717) is 12.1 Å².